The Hall–Kier alpha value is -2.36. The van der Waals surface area contributed by atoms with Crippen LogP contribution in [0.4, 0.5) is 0 Å². The molecule has 0 spiro atoms. The number of hydrogen-bond acceptors (Lipinski definition) is 4. The molecule has 7 nitrogen and oxygen atoms in total. The molecule has 154 valence electrons. The molecule has 4 rings (SSSR count). The van der Waals surface area contributed by atoms with Gasteiger partial charge in [0.05, 0.1) is 6.54 Å². The number of nitrogens with one attached hydrogen (secondary N) is 2. The summed E-state index contributed by atoms with van der Waals surface area (Å²) in [4.78, 5) is 4.70. The average molecular weight is 506 g/mol. The number of hydrogen-bond donors (Lipinski definition) is 2. The smallest absolute Gasteiger partial charge is 0.191 e. The Kier molecular flexibility index (Phi) is 7.68. The molecule has 0 bridgehead atoms. The second kappa shape index (κ2) is 10.4. The maximum atomic E-state index is 5.97. The van der Waals surface area contributed by atoms with E-state index in [1.54, 1.807) is 0 Å². The SMILES string of the molecule is CCNC(=NCC1Cc2ccccc2O1)NCCCc1nnc2ccccn12.I. The van der Waals surface area contributed by atoms with Crippen molar-refractivity contribution in [3.63, 3.8) is 0 Å². The van der Waals surface area contributed by atoms with Crippen molar-refractivity contribution in [3.05, 3.63) is 60.0 Å². The number of aryl methyl sites for hydroxylation is 1. The molecule has 3 aromatic rings. The number of benzene rings is 1. The molecule has 1 atom stereocenters. The fourth-order valence-corrected chi connectivity index (χ4v) is 3.41. The van der Waals surface area contributed by atoms with Crippen molar-refractivity contribution in [2.24, 2.45) is 4.99 Å². The molecule has 2 N–H and O–H groups in total. The minimum Gasteiger partial charge on any atom is -0.488 e. The average Bonchev–Trinajstić information content (AvgIpc) is 3.33. The number of para-hydroxylation sites is 1. The highest BCUT2D eigenvalue weighted by atomic mass is 127. The fraction of sp³-hybridized carbons (Fsp3) is 0.381. The van der Waals surface area contributed by atoms with Gasteiger partial charge >= 0.3 is 0 Å². The Balaban J connectivity index is 0.00000240. The van der Waals surface area contributed by atoms with Crippen LogP contribution in [0.1, 0.15) is 24.7 Å². The van der Waals surface area contributed by atoms with Gasteiger partial charge in [0.25, 0.3) is 0 Å². The third-order valence-electron chi connectivity index (χ3n) is 4.77. The van der Waals surface area contributed by atoms with Gasteiger partial charge in [0, 0.05) is 32.1 Å². The van der Waals surface area contributed by atoms with Gasteiger partial charge in [-0.2, -0.15) is 0 Å². The first-order valence-electron chi connectivity index (χ1n) is 9.89. The first-order valence-corrected chi connectivity index (χ1v) is 9.89. The second-order valence-corrected chi connectivity index (χ2v) is 6.85. The van der Waals surface area contributed by atoms with Crippen LogP contribution < -0.4 is 15.4 Å². The molecule has 1 aliphatic heterocycles. The highest BCUT2D eigenvalue weighted by molar-refractivity contribution is 14.0. The van der Waals surface area contributed by atoms with E-state index >= 15 is 0 Å². The van der Waals surface area contributed by atoms with Crippen LogP contribution in [0.15, 0.2) is 53.7 Å². The summed E-state index contributed by atoms with van der Waals surface area (Å²) >= 11 is 0. The molecule has 0 aliphatic carbocycles. The lowest BCUT2D eigenvalue weighted by Gasteiger charge is -2.13. The zero-order chi connectivity index (χ0) is 19.2. The van der Waals surface area contributed by atoms with E-state index < -0.39 is 0 Å². The minimum atomic E-state index is 0. The van der Waals surface area contributed by atoms with Gasteiger partial charge < -0.3 is 15.4 Å². The zero-order valence-electron chi connectivity index (χ0n) is 16.5. The van der Waals surface area contributed by atoms with Gasteiger partial charge in [-0.15, -0.1) is 34.2 Å². The van der Waals surface area contributed by atoms with Gasteiger partial charge in [0.15, 0.2) is 11.6 Å². The molecule has 2 aromatic heterocycles. The molecule has 8 heteroatoms. The summed E-state index contributed by atoms with van der Waals surface area (Å²) in [7, 11) is 0. The Morgan fingerprint density at radius 3 is 2.90 bits per heavy atom. The standard InChI is InChI=1S/C21H26N6O.HI/c1-2-22-21(24-15-17-14-16-8-3-4-9-18(16)28-17)23-12-7-11-20-26-25-19-10-5-6-13-27(19)20;/h3-6,8-10,13,17H,2,7,11-12,14-15H2,1H3,(H2,22,23,24);1H. The van der Waals surface area contributed by atoms with Gasteiger partial charge in [-0.3, -0.25) is 4.40 Å². The fourth-order valence-electron chi connectivity index (χ4n) is 3.41. The number of nitrogens with zero attached hydrogens (tertiary/aromatic N) is 4. The van der Waals surface area contributed by atoms with Crippen molar-refractivity contribution >= 4 is 35.6 Å². The van der Waals surface area contributed by atoms with Crippen molar-refractivity contribution in [2.45, 2.75) is 32.3 Å². The van der Waals surface area contributed by atoms with Crippen LogP contribution in [0.2, 0.25) is 0 Å². The quantitative estimate of drug-likeness (QED) is 0.223. The lowest BCUT2D eigenvalue weighted by molar-refractivity contribution is 0.241. The van der Waals surface area contributed by atoms with Crippen LogP contribution in [-0.2, 0) is 12.8 Å². The van der Waals surface area contributed by atoms with Crippen LogP contribution >= 0.6 is 24.0 Å². The van der Waals surface area contributed by atoms with Crippen LogP contribution in [0, 0.1) is 0 Å². The van der Waals surface area contributed by atoms with Gasteiger partial charge in [0.2, 0.25) is 0 Å². The monoisotopic (exact) mass is 506 g/mol. The first kappa shape index (κ1) is 21.4. The molecule has 1 unspecified atom stereocenters. The van der Waals surface area contributed by atoms with Gasteiger partial charge in [-0.1, -0.05) is 24.3 Å². The maximum absolute atomic E-state index is 5.97. The first-order chi connectivity index (χ1) is 13.8. The van der Waals surface area contributed by atoms with E-state index in [1.807, 2.05) is 40.9 Å². The van der Waals surface area contributed by atoms with E-state index in [4.69, 9.17) is 9.73 Å². The van der Waals surface area contributed by atoms with Crippen molar-refractivity contribution in [1.29, 1.82) is 0 Å². The van der Waals surface area contributed by atoms with Crippen molar-refractivity contribution in [1.82, 2.24) is 25.2 Å². The topological polar surface area (TPSA) is 75.8 Å². The molecular formula is C21H27IN6O. The highest BCUT2D eigenvalue weighted by Gasteiger charge is 2.21. The van der Waals surface area contributed by atoms with Gasteiger partial charge in [0.1, 0.15) is 17.7 Å². The van der Waals surface area contributed by atoms with E-state index in [2.05, 4.69) is 39.9 Å². The molecule has 0 saturated carbocycles. The predicted octanol–water partition coefficient (Wildman–Crippen LogP) is 2.84. The lowest BCUT2D eigenvalue weighted by atomic mass is 10.1. The van der Waals surface area contributed by atoms with E-state index in [9.17, 15) is 0 Å². The molecule has 29 heavy (non-hydrogen) atoms. The molecule has 1 aliphatic rings. The number of halogens is 1. The molecular weight excluding hydrogens is 479 g/mol. The third-order valence-corrected chi connectivity index (χ3v) is 4.77. The second-order valence-electron chi connectivity index (χ2n) is 6.85. The molecule has 0 fully saturated rings. The molecule has 0 radical (unpaired) electrons. The Morgan fingerprint density at radius 2 is 2.03 bits per heavy atom. The Bertz CT molecular complexity index is 932. The van der Waals surface area contributed by atoms with Crippen LogP contribution in [-0.4, -0.2) is 46.3 Å². The summed E-state index contributed by atoms with van der Waals surface area (Å²) in [6.07, 6.45) is 4.84. The summed E-state index contributed by atoms with van der Waals surface area (Å²) in [5, 5.41) is 15.2. The number of aromatic nitrogens is 3. The number of fused-ring (bicyclic) bond motifs is 2. The van der Waals surface area contributed by atoms with Crippen LogP contribution in [0.3, 0.4) is 0 Å². The number of ether oxygens (including phenoxy) is 1. The van der Waals surface area contributed by atoms with Gasteiger partial charge in [-0.25, -0.2) is 4.99 Å². The predicted molar refractivity (Wildman–Crippen MR) is 125 cm³/mol. The zero-order valence-corrected chi connectivity index (χ0v) is 18.9. The van der Waals surface area contributed by atoms with Gasteiger partial charge in [-0.05, 0) is 37.1 Å². The van der Waals surface area contributed by atoms with Crippen molar-refractivity contribution in [2.75, 3.05) is 19.6 Å². The van der Waals surface area contributed by atoms with Crippen LogP contribution in [0.25, 0.3) is 5.65 Å². The normalized spacial score (nSPS) is 15.5. The number of aliphatic imine (C=N–C) groups is 1. The number of guanidine groups is 1. The maximum Gasteiger partial charge on any atom is 0.191 e. The van der Waals surface area contributed by atoms with E-state index in [0.717, 1.165) is 55.5 Å². The van der Waals surface area contributed by atoms with E-state index in [0.29, 0.717) is 6.54 Å². The van der Waals surface area contributed by atoms with E-state index in [-0.39, 0.29) is 30.1 Å². The number of rotatable bonds is 7. The number of pyridine rings is 1. The summed E-state index contributed by atoms with van der Waals surface area (Å²) in [5.41, 5.74) is 2.15. The third kappa shape index (κ3) is 5.37. The highest BCUT2D eigenvalue weighted by Crippen LogP contribution is 2.28. The summed E-state index contributed by atoms with van der Waals surface area (Å²) in [6.45, 7) is 4.35. The largest absolute Gasteiger partial charge is 0.488 e. The van der Waals surface area contributed by atoms with Crippen molar-refractivity contribution in [3.8, 4) is 5.75 Å². The molecule has 0 amide bonds. The lowest BCUT2D eigenvalue weighted by Crippen LogP contribution is -2.38. The minimum absolute atomic E-state index is 0. The van der Waals surface area contributed by atoms with Crippen LogP contribution in [0.5, 0.6) is 5.75 Å². The Labute approximate surface area is 188 Å². The summed E-state index contributed by atoms with van der Waals surface area (Å²) < 4.78 is 8.01. The Morgan fingerprint density at radius 1 is 1.17 bits per heavy atom. The summed E-state index contributed by atoms with van der Waals surface area (Å²) in [6, 6.07) is 14.1. The summed E-state index contributed by atoms with van der Waals surface area (Å²) in [5.74, 6) is 2.80. The molecule has 0 saturated heterocycles. The molecule has 1 aromatic carbocycles. The van der Waals surface area contributed by atoms with Crippen molar-refractivity contribution < 1.29 is 4.74 Å². The van der Waals surface area contributed by atoms with E-state index in [1.165, 1.54) is 5.56 Å². The molecule has 3 heterocycles.